The van der Waals surface area contributed by atoms with Gasteiger partial charge in [-0.25, -0.2) is 4.98 Å². The summed E-state index contributed by atoms with van der Waals surface area (Å²) in [7, 11) is -1.07. The van der Waals surface area contributed by atoms with Gasteiger partial charge >= 0.3 is 0 Å². The Kier molecular flexibility index (Phi) is 5.57. The van der Waals surface area contributed by atoms with Crippen molar-refractivity contribution in [1.82, 2.24) is 4.98 Å². The zero-order valence-corrected chi connectivity index (χ0v) is 15.1. The van der Waals surface area contributed by atoms with E-state index in [1.165, 1.54) is 11.3 Å². The molecule has 5 nitrogen and oxygen atoms in total. The lowest BCUT2D eigenvalue weighted by atomic mass is 10.2. The van der Waals surface area contributed by atoms with Crippen LogP contribution < -0.4 is 10.1 Å². The van der Waals surface area contributed by atoms with Gasteiger partial charge in [-0.2, -0.15) is 0 Å². The molecule has 0 fully saturated rings. The summed E-state index contributed by atoms with van der Waals surface area (Å²) >= 11 is 1.51. The molecule has 0 radical (unpaired) electrons. The fourth-order valence-corrected chi connectivity index (χ4v) is 3.21. The summed E-state index contributed by atoms with van der Waals surface area (Å²) in [5.74, 6) is 0.327. The number of rotatable bonds is 6. The molecule has 1 amide bonds. The summed E-state index contributed by atoms with van der Waals surface area (Å²) in [4.78, 5) is 17.3. The molecular formula is C18H16N2O3S2. The molecule has 0 aliphatic carbocycles. The fraction of sp³-hybridized carbons (Fsp3) is 0.111. The van der Waals surface area contributed by atoms with Crippen LogP contribution in [0.2, 0.25) is 0 Å². The molecule has 0 spiro atoms. The van der Waals surface area contributed by atoms with E-state index in [2.05, 4.69) is 10.3 Å². The summed E-state index contributed by atoms with van der Waals surface area (Å²) in [6.07, 6.45) is 1.60. The average molecular weight is 372 g/mol. The van der Waals surface area contributed by atoms with Gasteiger partial charge in [-0.1, -0.05) is 12.1 Å². The molecule has 2 aromatic carbocycles. The first-order valence-corrected chi connectivity index (χ1v) is 9.97. The molecule has 0 saturated carbocycles. The normalized spacial score (nSPS) is 11.7. The molecule has 0 aliphatic heterocycles. The van der Waals surface area contributed by atoms with E-state index in [4.69, 9.17) is 4.74 Å². The summed E-state index contributed by atoms with van der Waals surface area (Å²) in [6, 6.07) is 13.9. The third-order valence-corrected chi connectivity index (χ3v) is 5.01. The molecule has 128 valence electrons. The Morgan fingerprint density at radius 2 is 1.96 bits per heavy atom. The highest BCUT2D eigenvalue weighted by atomic mass is 32.2. The van der Waals surface area contributed by atoms with E-state index < -0.39 is 10.8 Å². The number of anilines is 1. The van der Waals surface area contributed by atoms with Gasteiger partial charge in [0.1, 0.15) is 12.4 Å². The highest BCUT2D eigenvalue weighted by molar-refractivity contribution is 7.84. The number of hydrogen-bond acceptors (Lipinski definition) is 5. The first-order chi connectivity index (χ1) is 12.1. The lowest BCUT2D eigenvalue weighted by molar-refractivity contribution is 0.102. The van der Waals surface area contributed by atoms with Gasteiger partial charge in [-0.15, -0.1) is 11.3 Å². The molecule has 0 bridgehead atoms. The van der Waals surface area contributed by atoms with Crippen LogP contribution in [-0.2, 0) is 17.4 Å². The second kappa shape index (κ2) is 8.04. The van der Waals surface area contributed by atoms with Crippen LogP contribution in [0, 0.1) is 0 Å². The number of carbonyl (C=O) groups is 1. The first kappa shape index (κ1) is 17.3. The molecular weight excluding hydrogens is 356 g/mol. The van der Waals surface area contributed by atoms with Crippen molar-refractivity contribution in [2.75, 3.05) is 11.6 Å². The number of thiazole rings is 1. The minimum absolute atomic E-state index is 0.252. The monoisotopic (exact) mass is 372 g/mol. The van der Waals surface area contributed by atoms with Crippen molar-refractivity contribution in [2.45, 2.75) is 11.5 Å². The van der Waals surface area contributed by atoms with E-state index in [0.717, 1.165) is 5.69 Å². The molecule has 3 rings (SSSR count). The molecule has 1 atom stereocenters. The van der Waals surface area contributed by atoms with Crippen LogP contribution in [0.3, 0.4) is 0 Å². The number of ether oxygens (including phenoxy) is 1. The topological polar surface area (TPSA) is 68.3 Å². The molecule has 0 saturated heterocycles. The lowest BCUT2D eigenvalue weighted by Gasteiger charge is -2.12. The molecule has 1 N–H and O–H groups in total. The zero-order valence-electron chi connectivity index (χ0n) is 13.5. The minimum Gasteiger partial charge on any atom is -0.485 e. The molecule has 7 heteroatoms. The van der Waals surface area contributed by atoms with Crippen molar-refractivity contribution in [3.8, 4) is 5.75 Å². The highest BCUT2D eigenvalue weighted by Crippen LogP contribution is 2.25. The van der Waals surface area contributed by atoms with Gasteiger partial charge in [-0.3, -0.25) is 9.00 Å². The van der Waals surface area contributed by atoms with Crippen LogP contribution >= 0.6 is 11.3 Å². The number of amides is 1. The molecule has 1 heterocycles. The van der Waals surface area contributed by atoms with Crippen LogP contribution in [0.4, 0.5) is 5.69 Å². The van der Waals surface area contributed by atoms with Crippen LogP contribution in [-0.4, -0.2) is 21.4 Å². The van der Waals surface area contributed by atoms with Crippen molar-refractivity contribution in [2.24, 2.45) is 0 Å². The molecule has 1 unspecified atom stereocenters. The number of aromatic nitrogens is 1. The fourth-order valence-electron chi connectivity index (χ4n) is 2.15. The van der Waals surface area contributed by atoms with Crippen LogP contribution in [0.5, 0.6) is 5.75 Å². The Bertz CT molecular complexity index is 878. The maximum atomic E-state index is 12.4. The largest absolute Gasteiger partial charge is 0.485 e. The van der Waals surface area contributed by atoms with Gasteiger partial charge < -0.3 is 10.1 Å². The highest BCUT2D eigenvalue weighted by Gasteiger charge is 2.11. The minimum atomic E-state index is -1.07. The Labute approximate surface area is 152 Å². The second-order valence-corrected chi connectivity index (χ2v) is 7.30. The quantitative estimate of drug-likeness (QED) is 0.716. The van der Waals surface area contributed by atoms with E-state index >= 15 is 0 Å². The Hall–Kier alpha value is -2.51. The third kappa shape index (κ3) is 4.52. The van der Waals surface area contributed by atoms with Gasteiger partial charge in [-0.05, 0) is 36.4 Å². The van der Waals surface area contributed by atoms with E-state index in [0.29, 0.717) is 28.5 Å². The summed E-state index contributed by atoms with van der Waals surface area (Å²) in [5.41, 5.74) is 3.67. The number of carbonyl (C=O) groups excluding carboxylic acids is 1. The van der Waals surface area contributed by atoms with Gasteiger partial charge in [0.05, 0.1) is 16.9 Å². The SMILES string of the molecule is CS(=O)c1ccc(C(=O)Nc2ccccc2OCc2cscn2)cc1. The molecule has 3 aromatic rings. The lowest BCUT2D eigenvalue weighted by Crippen LogP contribution is -2.13. The third-order valence-electron chi connectivity index (χ3n) is 3.44. The Morgan fingerprint density at radius 3 is 2.64 bits per heavy atom. The summed E-state index contributed by atoms with van der Waals surface area (Å²) in [5, 5.41) is 4.77. The zero-order chi connectivity index (χ0) is 17.6. The van der Waals surface area contributed by atoms with Crippen molar-refractivity contribution >= 4 is 33.7 Å². The van der Waals surface area contributed by atoms with E-state index in [1.807, 2.05) is 17.5 Å². The van der Waals surface area contributed by atoms with Gasteiger partial charge in [0, 0.05) is 32.9 Å². The van der Waals surface area contributed by atoms with Crippen molar-refractivity contribution in [3.63, 3.8) is 0 Å². The standard InChI is InChI=1S/C18H16N2O3S2/c1-25(22)15-8-6-13(7-9-15)18(21)20-16-4-2-3-5-17(16)23-10-14-11-24-12-19-14/h2-9,11-12H,10H2,1H3,(H,20,21). The van der Waals surface area contributed by atoms with E-state index in [9.17, 15) is 9.00 Å². The van der Waals surface area contributed by atoms with Gasteiger partial charge in [0.25, 0.3) is 5.91 Å². The van der Waals surface area contributed by atoms with Crippen LogP contribution in [0.15, 0.2) is 64.3 Å². The van der Waals surface area contributed by atoms with Crippen molar-refractivity contribution in [3.05, 3.63) is 70.7 Å². The van der Waals surface area contributed by atoms with Crippen molar-refractivity contribution in [1.29, 1.82) is 0 Å². The second-order valence-electron chi connectivity index (χ2n) is 5.20. The van der Waals surface area contributed by atoms with E-state index in [-0.39, 0.29) is 5.91 Å². The van der Waals surface area contributed by atoms with Crippen LogP contribution in [0.25, 0.3) is 0 Å². The van der Waals surface area contributed by atoms with Gasteiger partial charge in [0.15, 0.2) is 0 Å². The predicted molar refractivity (Wildman–Crippen MR) is 99.6 cm³/mol. The van der Waals surface area contributed by atoms with E-state index in [1.54, 1.807) is 48.2 Å². The number of nitrogens with zero attached hydrogens (tertiary/aromatic N) is 1. The number of hydrogen-bond donors (Lipinski definition) is 1. The smallest absolute Gasteiger partial charge is 0.255 e. The molecule has 25 heavy (non-hydrogen) atoms. The maximum Gasteiger partial charge on any atom is 0.255 e. The number of para-hydroxylation sites is 2. The Morgan fingerprint density at radius 1 is 1.20 bits per heavy atom. The van der Waals surface area contributed by atoms with Crippen LogP contribution in [0.1, 0.15) is 16.1 Å². The molecule has 0 aliphatic rings. The van der Waals surface area contributed by atoms with Crippen molar-refractivity contribution < 1.29 is 13.7 Å². The summed E-state index contributed by atoms with van der Waals surface area (Å²) < 4.78 is 17.2. The average Bonchev–Trinajstić information content (AvgIpc) is 3.14. The molecule has 1 aromatic heterocycles. The van der Waals surface area contributed by atoms with Gasteiger partial charge in [0.2, 0.25) is 0 Å². The Balaban J connectivity index is 1.71. The number of nitrogens with one attached hydrogen (secondary N) is 1. The summed E-state index contributed by atoms with van der Waals surface area (Å²) in [6.45, 7) is 0.341. The number of benzene rings is 2. The predicted octanol–water partition coefficient (Wildman–Crippen LogP) is 3.71. The maximum absolute atomic E-state index is 12.4. The first-order valence-electron chi connectivity index (χ1n) is 7.47.